The molecule has 0 saturated carbocycles. The molecule has 2 aliphatic heterocycles. The van der Waals surface area contributed by atoms with Crippen LogP contribution >= 0.6 is 0 Å². The summed E-state index contributed by atoms with van der Waals surface area (Å²) in [5.74, 6) is -4.60. The number of aliphatic hydroxyl groups is 5. The lowest BCUT2D eigenvalue weighted by atomic mass is 9.94. The van der Waals surface area contributed by atoms with Gasteiger partial charge in [-0.3, -0.25) is 24.0 Å². The molecule has 2 aliphatic rings. The highest BCUT2D eigenvalue weighted by atomic mass is 16.7. The fraction of sp³-hybridized carbons (Fsp3) is 0.561. The molecule has 13 atom stereocenters. The number of ether oxygens (including phenoxy) is 6. The number of carbonyl (C=O) groups is 6. The molecule has 2 aromatic rings. The SMILES string of the molecule is CC(=O)N[C@H]1[C@H](O[C@H]2[C@H](O[C@H](C)C(=O)N[C@@H](C)C(=O)N[C@H](CCC(=O)OCc3ccccc3)C(=O)OCc3ccccc3)[C@@H](NC(C)=O)C(O)O[C@@H]2CO)O[C@H](CO)[C@@H](O)[C@@H]1O. The second-order valence-corrected chi connectivity index (χ2v) is 14.8. The lowest BCUT2D eigenvalue weighted by molar-refractivity contribution is -0.333. The van der Waals surface area contributed by atoms with Gasteiger partial charge in [0, 0.05) is 20.3 Å². The minimum atomic E-state index is -1.84. The molecule has 0 bridgehead atoms. The van der Waals surface area contributed by atoms with E-state index in [4.69, 9.17) is 28.4 Å². The summed E-state index contributed by atoms with van der Waals surface area (Å²) < 4.78 is 34.1. The minimum Gasteiger partial charge on any atom is -0.461 e. The summed E-state index contributed by atoms with van der Waals surface area (Å²) in [6, 6.07) is 12.1. The first-order valence-electron chi connectivity index (χ1n) is 20.0. The molecule has 2 aromatic carbocycles. The zero-order valence-corrected chi connectivity index (χ0v) is 34.7. The van der Waals surface area contributed by atoms with Crippen molar-refractivity contribution in [3.8, 4) is 0 Å². The monoisotopic (exact) mass is 876 g/mol. The van der Waals surface area contributed by atoms with Crippen molar-refractivity contribution in [3.05, 3.63) is 71.8 Å². The van der Waals surface area contributed by atoms with Crippen LogP contribution in [0.4, 0.5) is 0 Å². The lowest BCUT2D eigenvalue weighted by Gasteiger charge is -2.48. The molecular formula is C41H56N4O17. The summed E-state index contributed by atoms with van der Waals surface area (Å²) in [6.07, 6.45) is -14.9. The van der Waals surface area contributed by atoms with E-state index in [9.17, 15) is 54.3 Å². The smallest absolute Gasteiger partial charge is 0.328 e. The fourth-order valence-corrected chi connectivity index (χ4v) is 6.66. The molecule has 62 heavy (non-hydrogen) atoms. The van der Waals surface area contributed by atoms with Crippen molar-refractivity contribution in [2.24, 2.45) is 0 Å². The summed E-state index contributed by atoms with van der Waals surface area (Å²) in [5.41, 5.74) is 1.42. The van der Waals surface area contributed by atoms with Crippen LogP contribution in [0.15, 0.2) is 60.7 Å². The van der Waals surface area contributed by atoms with Crippen molar-refractivity contribution in [1.82, 2.24) is 21.3 Å². The van der Waals surface area contributed by atoms with Crippen LogP contribution in [0.5, 0.6) is 0 Å². The van der Waals surface area contributed by atoms with Crippen LogP contribution in [0.25, 0.3) is 0 Å². The van der Waals surface area contributed by atoms with E-state index in [0.29, 0.717) is 5.56 Å². The average Bonchev–Trinajstić information content (AvgIpc) is 3.25. The number of hydrogen-bond donors (Lipinski definition) is 9. The highest BCUT2D eigenvalue weighted by Gasteiger charge is 2.53. The Kier molecular flexibility index (Phi) is 19.1. The van der Waals surface area contributed by atoms with Gasteiger partial charge in [0.15, 0.2) is 12.6 Å². The second-order valence-electron chi connectivity index (χ2n) is 14.8. The van der Waals surface area contributed by atoms with Gasteiger partial charge in [-0.1, -0.05) is 60.7 Å². The third-order valence-corrected chi connectivity index (χ3v) is 9.94. The predicted molar refractivity (Wildman–Crippen MR) is 211 cm³/mol. The Morgan fingerprint density at radius 2 is 1.26 bits per heavy atom. The fourth-order valence-electron chi connectivity index (χ4n) is 6.66. The molecule has 0 spiro atoms. The van der Waals surface area contributed by atoms with E-state index in [1.165, 1.54) is 13.8 Å². The van der Waals surface area contributed by atoms with E-state index in [2.05, 4.69) is 21.3 Å². The van der Waals surface area contributed by atoms with Gasteiger partial charge in [-0.05, 0) is 31.4 Å². The van der Waals surface area contributed by atoms with E-state index in [-0.39, 0.29) is 26.1 Å². The highest BCUT2D eigenvalue weighted by Crippen LogP contribution is 2.31. The van der Waals surface area contributed by atoms with Gasteiger partial charge in [-0.2, -0.15) is 0 Å². The lowest BCUT2D eigenvalue weighted by Crippen LogP contribution is -2.70. The van der Waals surface area contributed by atoms with E-state index < -0.39 is 128 Å². The molecule has 2 saturated heterocycles. The largest absolute Gasteiger partial charge is 0.461 e. The van der Waals surface area contributed by atoms with Crippen LogP contribution in [0.3, 0.4) is 0 Å². The highest BCUT2D eigenvalue weighted by molar-refractivity contribution is 5.91. The van der Waals surface area contributed by atoms with Gasteiger partial charge in [-0.15, -0.1) is 0 Å². The molecule has 4 rings (SSSR count). The van der Waals surface area contributed by atoms with Crippen molar-refractivity contribution >= 4 is 35.6 Å². The van der Waals surface area contributed by atoms with E-state index in [0.717, 1.165) is 19.4 Å². The Bertz CT molecular complexity index is 1790. The second kappa shape index (κ2) is 23.9. The van der Waals surface area contributed by atoms with E-state index >= 15 is 0 Å². The quantitative estimate of drug-likeness (QED) is 0.0624. The Morgan fingerprint density at radius 1 is 0.694 bits per heavy atom. The normalized spacial score (nSPS) is 27.4. The zero-order valence-electron chi connectivity index (χ0n) is 34.7. The van der Waals surface area contributed by atoms with Crippen LogP contribution in [0, 0.1) is 0 Å². The molecule has 1 unspecified atom stereocenters. The van der Waals surface area contributed by atoms with Crippen LogP contribution in [0.1, 0.15) is 51.7 Å². The molecule has 0 aliphatic carbocycles. The number of carbonyl (C=O) groups excluding carboxylic acids is 6. The van der Waals surface area contributed by atoms with Crippen LogP contribution in [-0.4, -0.2) is 154 Å². The first-order chi connectivity index (χ1) is 29.5. The number of nitrogens with one attached hydrogen (secondary N) is 4. The van der Waals surface area contributed by atoms with Crippen LogP contribution < -0.4 is 21.3 Å². The number of amides is 4. The minimum absolute atomic E-state index is 0.00616. The van der Waals surface area contributed by atoms with E-state index in [1.807, 2.05) is 6.07 Å². The molecule has 0 radical (unpaired) electrons. The van der Waals surface area contributed by atoms with Crippen molar-refractivity contribution in [2.75, 3.05) is 13.2 Å². The Balaban J connectivity index is 1.48. The van der Waals surface area contributed by atoms with Crippen molar-refractivity contribution < 1.29 is 82.7 Å². The predicted octanol–water partition coefficient (Wildman–Crippen LogP) is -2.44. The summed E-state index contributed by atoms with van der Waals surface area (Å²) in [5, 5.41) is 62.2. The first-order valence-corrected chi connectivity index (χ1v) is 20.0. The third kappa shape index (κ3) is 14.2. The molecule has 0 aromatic heterocycles. The summed E-state index contributed by atoms with van der Waals surface area (Å²) in [6.45, 7) is 3.06. The molecule has 21 nitrogen and oxygen atoms in total. The Labute approximate surface area is 357 Å². The molecular weight excluding hydrogens is 820 g/mol. The van der Waals surface area contributed by atoms with Crippen molar-refractivity contribution in [3.63, 3.8) is 0 Å². The van der Waals surface area contributed by atoms with Gasteiger partial charge in [0.05, 0.1) is 13.2 Å². The number of aliphatic hydroxyl groups excluding tert-OH is 5. The third-order valence-electron chi connectivity index (χ3n) is 9.94. The van der Waals surface area contributed by atoms with Crippen molar-refractivity contribution in [2.45, 2.75) is 133 Å². The molecule has 21 heteroatoms. The standard InChI is InChI=1S/C41H56N4O17/c1-21(37(53)45-27(39(55)58-20-26-13-9-6-10-14-26)15-16-30(50)57-19-25-11-7-5-8-12-25)42-38(54)22(2)59-36-32(44-24(4)49)40(56)60-29(18-47)35(36)62-41-31(43-23(3)48)34(52)33(51)28(17-46)61-41/h5-14,21-22,27-29,31-36,40-41,46-47,51-52,56H,15-20H2,1-4H3,(H,42,54)(H,43,48)(H,44,49)(H,45,53)/t21-,22+,27+,28+,29+,31+,32+,33+,34+,35+,36+,40?,41-/m0/s1. The summed E-state index contributed by atoms with van der Waals surface area (Å²) in [4.78, 5) is 77.3. The Hall–Kier alpha value is -5.10. The van der Waals surface area contributed by atoms with Gasteiger partial charge >= 0.3 is 11.9 Å². The molecule has 2 fully saturated rings. The molecule has 4 amide bonds. The van der Waals surface area contributed by atoms with Gasteiger partial charge < -0.3 is 75.2 Å². The van der Waals surface area contributed by atoms with Gasteiger partial charge in [0.25, 0.3) is 0 Å². The number of hydrogen-bond acceptors (Lipinski definition) is 17. The summed E-state index contributed by atoms with van der Waals surface area (Å²) in [7, 11) is 0. The van der Waals surface area contributed by atoms with Gasteiger partial charge in [0.1, 0.15) is 80.1 Å². The van der Waals surface area contributed by atoms with Gasteiger partial charge in [-0.25, -0.2) is 4.79 Å². The number of esters is 2. The molecule has 342 valence electrons. The maximum atomic E-state index is 13.6. The average molecular weight is 877 g/mol. The maximum absolute atomic E-state index is 13.6. The topological polar surface area (TPSA) is 307 Å². The molecule has 9 N–H and O–H groups in total. The van der Waals surface area contributed by atoms with Gasteiger partial charge in [0.2, 0.25) is 23.6 Å². The number of rotatable bonds is 20. The van der Waals surface area contributed by atoms with Crippen LogP contribution in [-0.2, 0) is 70.4 Å². The first kappa shape index (κ1) is 49.6. The van der Waals surface area contributed by atoms with Crippen LogP contribution in [0.2, 0.25) is 0 Å². The zero-order chi connectivity index (χ0) is 45.5. The summed E-state index contributed by atoms with van der Waals surface area (Å²) >= 11 is 0. The molecule has 2 heterocycles. The van der Waals surface area contributed by atoms with E-state index in [1.54, 1.807) is 54.6 Å². The maximum Gasteiger partial charge on any atom is 0.328 e. The number of benzene rings is 2. The van der Waals surface area contributed by atoms with Crippen molar-refractivity contribution in [1.29, 1.82) is 0 Å². The Morgan fingerprint density at radius 3 is 1.82 bits per heavy atom.